The van der Waals surface area contributed by atoms with Gasteiger partial charge in [0.25, 0.3) is 5.92 Å². The van der Waals surface area contributed by atoms with Gasteiger partial charge in [-0.2, -0.15) is 0 Å². The highest BCUT2D eigenvalue weighted by atomic mass is 19.3. The summed E-state index contributed by atoms with van der Waals surface area (Å²) in [6.07, 6.45) is 0. The number of aryl methyl sites for hydroxylation is 1. The molecule has 0 amide bonds. The number of alkyl halides is 2. The molecule has 1 aromatic carbocycles. The average molecular weight is 262 g/mol. The molecule has 0 bridgehead atoms. The van der Waals surface area contributed by atoms with Gasteiger partial charge in [0.15, 0.2) is 5.75 Å². The van der Waals surface area contributed by atoms with Gasteiger partial charge in [0.05, 0.1) is 4.92 Å². The number of nitro groups is 1. The number of phenolic OH excluding ortho intramolecular Hbond substituents is 1. The monoisotopic (exact) mass is 262 g/mol. The number of phenols is 1. The van der Waals surface area contributed by atoms with E-state index in [-0.39, 0.29) is 5.56 Å². The van der Waals surface area contributed by atoms with Gasteiger partial charge in [0.2, 0.25) is 0 Å². The molecule has 0 unspecified atom stereocenters. The molecule has 0 saturated heterocycles. The van der Waals surface area contributed by atoms with Crippen molar-refractivity contribution in [3.05, 3.63) is 33.4 Å². The van der Waals surface area contributed by atoms with Crippen LogP contribution in [0.2, 0.25) is 0 Å². The zero-order valence-corrected chi connectivity index (χ0v) is 9.43. The molecule has 1 atom stereocenters. The van der Waals surface area contributed by atoms with Gasteiger partial charge in [-0.3, -0.25) is 10.1 Å². The lowest BCUT2D eigenvalue weighted by atomic mass is 9.98. The molecule has 100 valence electrons. The van der Waals surface area contributed by atoms with Crippen LogP contribution in [0.3, 0.4) is 0 Å². The summed E-state index contributed by atoms with van der Waals surface area (Å²) in [5.74, 6) is -4.58. The smallest absolute Gasteiger partial charge is 0.313 e. The lowest BCUT2D eigenvalue weighted by Gasteiger charge is -2.22. The first-order valence-electron chi connectivity index (χ1n) is 4.93. The first-order valence-corrected chi connectivity index (χ1v) is 4.93. The number of hydrogen-bond acceptors (Lipinski definition) is 5. The SMILES string of the molecule is Cc1ccc([C@H](N)C(F)(F)CO)c(O)c1[N+](=O)[O-]. The summed E-state index contributed by atoms with van der Waals surface area (Å²) >= 11 is 0. The normalized spacial score (nSPS) is 13.4. The van der Waals surface area contributed by atoms with Crippen LogP contribution < -0.4 is 5.73 Å². The van der Waals surface area contributed by atoms with Crippen molar-refractivity contribution in [3.63, 3.8) is 0 Å². The molecule has 0 aliphatic heterocycles. The van der Waals surface area contributed by atoms with Gasteiger partial charge in [-0.1, -0.05) is 12.1 Å². The number of aliphatic hydroxyl groups excluding tert-OH is 1. The fraction of sp³-hybridized carbons (Fsp3) is 0.400. The molecule has 0 radical (unpaired) electrons. The zero-order chi connectivity index (χ0) is 14.1. The molecule has 8 heteroatoms. The summed E-state index contributed by atoms with van der Waals surface area (Å²) < 4.78 is 26.4. The number of nitrogens with zero attached hydrogens (tertiary/aromatic N) is 1. The van der Waals surface area contributed by atoms with E-state index < -0.39 is 40.5 Å². The molecule has 1 aromatic rings. The summed E-state index contributed by atoms with van der Waals surface area (Å²) in [7, 11) is 0. The van der Waals surface area contributed by atoms with Crippen LogP contribution in [0.5, 0.6) is 5.75 Å². The van der Waals surface area contributed by atoms with Gasteiger partial charge in [0, 0.05) is 11.1 Å². The Kier molecular flexibility index (Phi) is 3.82. The van der Waals surface area contributed by atoms with E-state index in [1.807, 2.05) is 0 Å². The highest BCUT2D eigenvalue weighted by Crippen LogP contribution is 2.40. The van der Waals surface area contributed by atoms with Crippen LogP contribution in [-0.2, 0) is 0 Å². The second kappa shape index (κ2) is 4.83. The van der Waals surface area contributed by atoms with E-state index in [4.69, 9.17) is 10.8 Å². The van der Waals surface area contributed by atoms with Crippen molar-refractivity contribution in [1.29, 1.82) is 0 Å². The molecule has 6 nitrogen and oxygen atoms in total. The van der Waals surface area contributed by atoms with Gasteiger partial charge < -0.3 is 15.9 Å². The Hall–Kier alpha value is -1.80. The van der Waals surface area contributed by atoms with Crippen LogP contribution >= 0.6 is 0 Å². The van der Waals surface area contributed by atoms with Gasteiger partial charge in [-0.25, -0.2) is 8.78 Å². The molecule has 0 spiro atoms. The van der Waals surface area contributed by atoms with Crippen LogP contribution in [0.15, 0.2) is 12.1 Å². The van der Waals surface area contributed by atoms with E-state index in [9.17, 15) is 24.0 Å². The molecule has 0 fully saturated rings. The average Bonchev–Trinajstić information content (AvgIpc) is 2.28. The number of hydrogen-bond donors (Lipinski definition) is 3. The lowest BCUT2D eigenvalue weighted by Crippen LogP contribution is -2.36. The molecule has 4 N–H and O–H groups in total. The molecule has 0 heterocycles. The number of rotatable bonds is 4. The Morgan fingerprint density at radius 3 is 2.56 bits per heavy atom. The third-order valence-electron chi connectivity index (χ3n) is 2.57. The van der Waals surface area contributed by atoms with Crippen LogP contribution in [0.1, 0.15) is 17.2 Å². The Morgan fingerprint density at radius 1 is 1.56 bits per heavy atom. The molecule has 0 aliphatic rings. The van der Waals surface area contributed by atoms with Gasteiger partial charge in [-0.05, 0) is 6.92 Å². The van der Waals surface area contributed by atoms with E-state index in [1.165, 1.54) is 13.0 Å². The van der Waals surface area contributed by atoms with Gasteiger partial charge >= 0.3 is 5.69 Å². The number of benzene rings is 1. The zero-order valence-electron chi connectivity index (χ0n) is 9.43. The standard InChI is InChI=1S/C10H12F2N2O4/c1-5-2-3-6(8(16)7(5)14(17)18)9(13)10(11,12)4-15/h2-3,9,15-16H,4,13H2,1H3/t9-/m0/s1. The minimum absolute atomic E-state index is 0.126. The van der Waals surface area contributed by atoms with Crippen molar-refractivity contribution in [2.45, 2.75) is 18.9 Å². The van der Waals surface area contributed by atoms with E-state index in [0.717, 1.165) is 6.07 Å². The number of nitrogens with two attached hydrogens (primary N) is 1. The molecule has 18 heavy (non-hydrogen) atoms. The first kappa shape index (κ1) is 14.3. The van der Waals surface area contributed by atoms with Gasteiger partial charge in [-0.15, -0.1) is 0 Å². The third-order valence-corrected chi connectivity index (χ3v) is 2.57. The highest BCUT2D eigenvalue weighted by Gasteiger charge is 2.40. The molecular formula is C10H12F2N2O4. The Morgan fingerprint density at radius 2 is 2.11 bits per heavy atom. The number of aliphatic hydroxyl groups is 1. The second-order valence-electron chi connectivity index (χ2n) is 3.82. The van der Waals surface area contributed by atoms with Gasteiger partial charge in [0.1, 0.15) is 12.6 Å². The third kappa shape index (κ3) is 2.39. The predicted molar refractivity (Wildman–Crippen MR) is 58.5 cm³/mol. The summed E-state index contributed by atoms with van der Waals surface area (Å²) in [4.78, 5) is 9.83. The minimum atomic E-state index is -3.68. The van der Waals surface area contributed by atoms with E-state index in [1.54, 1.807) is 0 Å². The first-order chi connectivity index (χ1) is 8.22. The van der Waals surface area contributed by atoms with Crippen molar-refractivity contribution >= 4 is 5.69 Å². The summed E-state index contributed by atoms with van der Waals surface area (Å²) in [5.41, 5.74) is 4.19. The van der Waals surface area contributed by atoms with Crippen LogP contribution in [0, 0.1) is 17.0 Å². The van der Waals surface area contributed by atoms with Crippen LogP contribution in [0.25, 0.3) is 0 Å². The largest absolute Gasteiger partial charge is 0.502 e. The number of nitro benzene ring substituents is 1. The lowest BCUT2D eigenvalue weighted by molar-refractivity contribution is -0.386. The molecule has 1 rings (SSSR count). The Bertz CT molecular complexity index is 479. The predicted octanol–water partition coefficient (Wildman–Crippen LogP) is 1.24. The second-order valence-corrected chi connectivity index (χ2v) is 3.82. The Labute approximate surface area is 101 Å². The summed E-state index contributed by atoms with van der Waals surface area (Å²) in [6.45, 7) is -0.160. The maximum atomic E-state index is 13.2. The molecule has 0 aliphatic carbocycles. The topological polar surface area (TPSA) is 110 Å². The highest BCUT2D eigenvalue weighted by molar-refractivity contribution is 5.57. The van der Waals surface area contributed by atoms with Crippen molar-refractivity contribution < 1.29 is 23.9 Å². The maximum Gasteiger partial charge on any atom is 0.313 e. The summed E-state index contributed by atoms with van der Waals surface area (Å²) in [5, 5.41) is 28.8. The maximum absolute atomic E-state index is 13.2. The van der Waals surface area contributed by atoms with E-state index >= 15 is 0 Å². The fourth-order valence-corrected chi connectivity index (χ4v) is 1.50. The fourth-order valence-electron chi connectivity index (χ4n) is 1.50. The Balaban J connectivity index is 3.36. The van der Waals surface area contributed by atoms with Crippen molar-refractivity contribution in [1.82, 2.24) is 0 Å². The number of aromatic hydroxyl groups is 1. The van der Waals surface area contributed by atoms with Crippen LogP contribution in [0.4, 0.5) is 14.5 Å². The summed E-state index contributed by atoms with van der Waals surface area (Å²) in [6, 6.07) is 0.258. The van der Waals surface area contributed by atoms with Crippen LogP contribution in [-0.4, -0.2) is 27.7 Å². The molecular weight excluding hydrogens is 250 g/mol. The van der Waals surface area contributed by atoms with Crippen molar-refractivity contribution in [3.8, 4) is 5.75 Å². The van der Waals surface area contributed by atoms with E-state index in [0.29, 0.717) is 0 Å². The quantitative estimate of drug-likeness (QED) is 0.558. The van der Waals surface area contributed by atoms with E-state index in [2.05, 4.69) is 0 Å². The van der Waals surface area contributed by atoms with Crippen molar-refractivity contribution in [2.75, 3.05) is 6.61 Å². The molecule has 0 saturated carbocycles. The molecule has 0 aromatic heterocycles. The minimum Gasteiger partial charge on any atom is -0.502 e. The van der Waals surface area contributed by atoms with Crippen molar-refractivity contribution in [2.24, 2.45) is 5.73 Å². The number of halogens is 2.